The van der Waals surface area contributed by atoms with Crippen molar-refractivity contribution >= 4 is 5.91 Å². The molecule has 1 amide bonds. The molecule has 6 heteroatoms. The van der Waals surface area contributed by atoms with Crippen molar-refractivity contribution in [2.75, 3.05) is 0 Å². The lowest BCUT2D eigenvalue weighted by atomic mass is 10.1. The fraction of sp³-hybridized carbons (Fsp3) is 0.250. The molecular weight excluding hydrogens is 194 g/mol. The molecular formula is C8H8F2N2O2. The SMILES string of the molecule is Cn1cc(C(N)=O)c(C(F)F)cc1=O. The Morgan fingerprint density at radius 2 is 2.14 bits per heavy atom. The van der Waals surface area contributed by atoms with Crippen LogP contribution in [0.15, 0.2) is 17.1 Å². The lowest BCUT2D eigenvalue weighted by molar-refractivity contribution is 0.0985. The van der Waals surface area contributed by atoms with Crippen LogP contribution >= 0.6 is 0 Å². The molecule has 0 unspecified atom stereocenters. The van der Waals surface area contributed by atoms with E-state index in [1.54, 1.807) is 0 Å². The van der Waals surface area contributed by atoms with Crippen LogP contribution in [0.1, 0.15) is 22.3 Å². The van der Waals surface area contributed by atoms with Crippen LogP contribution in [0.4, 0.5) is 8.78 Å². The van der Waals surface area contributed by atoms with Gasteiger partial charge in [-0.3, -0.25) is 9.59 Å². The molecule has 0 saturated heterocycles. The molecule has 0 aliphatic carbocycles. The third-order valence-corrected chi connectivity index (χ3v) is 1.76. The molecule has 2 N–H and O–H groups in total. The highest BCUT2D eigenvalue weighted by Crippen LogP contribution is 2.20. The summed E-state index contributed by atoms with van der Waals surface area (Å²) >= 11 is 0. The maximum absolute atomic E-state index is 12.3. The van der Waals surface area contributed by atoms with Gasteiger partial charge in [-0.15, -0.1) is 0 Å². The minimum Gasteiger partial charge on any atom is -0.366 e. The Bertz CT molecular complexity index is 426. The lowest BCUT2D eigenvalue weighted by Gasteiger charge is -2.06. The summed E-state index contributed by atoms with van der Waals surface area (Å²) in [6, 6.07) is 0.713. The molecule has 4 nitrogen and oxygen atoms in total. The van der Waals surface area contributed by atoms with E-state index in [0.717, 1.165) is 10.8 Å². The molecule has 1 aromatic heterocycles. The Labute approximate surface area is 77.9 Å². The number of primary amides is 1. The number of aromatic nitrogens is 1. The minimum absolute atomic E-state index is 0.331. The molecule has 0 radical (unpaired) electrons. The van der Waals surface area contributed by atoms with Crippen molar-refractivity contribution in [2.24, 2.45) is 12.8 Å². The standard InChI is InChI=1S/C8H8F2N2O2/c1-12-3-5(8(11)14)4(7(9)10)2-6(12)13/h2-3,7H,1H3,(H2,11,14). The van der Waals surface area contributed by atoms with Crippen molar-refractivity contribution < 1.29 is 13.6 Å². The van der Waals surface area contributed by atoms with Crippen molar-refractivity contribution in [2.45, 2.75) is 6.43 Å². The highest BCUT2D eigenvalue weighted by Gasteiger charge is 2.17. The molecule has 0 saturated carbocycles. The highest BCUT2D eigenvalue weighted by atomic mass is 19.3. The zero-order valence-electron chi connectivity index (χ0n) is 7.33. The van der Waals surface area contributed by atoms with Crippen LogP contribution in [0, 0.1) is 0 Å². The van der Waals surface area contributed by atoms with E-state index in [-0.39, 0.29) is 5.56 Å². The number of alkyl halides is 2. The zero-order valence-corrected chi connectivity index (χ0v) is 7.33. The van der Waals surface area contributed by atoms with Crippen LogP contribution in [0.25, 0.3) is 0 Å². The largest absolute Gasteiger partial charge is 0.366 e. The predicted molar refractivity (Wildman–Crippen MR) is 45.2 cm³/mol. The summed E-state index contributed by atoms with van der Waals surface area (Å²) < 4.78 is 25.7. The number of carbonyl (C=O) groups excluding carboxylic acids is 1. The smallest absolute Gasteiger partial charge is 0.264 e. The Morgan fingerprint density at radius 3 is 2.57 bits per heavy atom. The number of nitrogens with two attached hydrogens (primary N) is 1. The van der Waals surface area contributed by atoms with Gasteiger partial charge in [0, 0.05) is 24.9 Å². The number of pyridine rings is 1. The molecule has 0 fully saturated rings. The normalized spacial score (nSPS) is 10.6. The third kappa shape index (κ3) is 1.78. The van der Waals surface area contributed by atoms with E-state index in [9.17, 15) is 18.4 Å². The predicted octanol–water partition coefficient (Wildman–Crippen LogP) is 0.422. The summed E-state index contributed by atoms with van der Waals surface area (Å²) in [6.07, 6.45) is -1.88. The van der Waals surface area contributed by atoms with E-state index in [0.29, 0.717) is 6.07 Å². The molecule has 0 aromatic carbocycles. The van der Waals surface area contributed by atoms with Crippen LogP contribution in [-0.2, 0) is 7.05 Å². The Morgan fingerprint density at radius 1 is 1.57 bits per heavy atom. The summed E-state index contributed by atoms with van der Waals surface area (Å²) in [4.78, 5) is 21.8. The van der Waals surface area contributed by atoms with Crippen molar-refractivity contribution in [1.82, 2.24) is 4.57 Å². The molecule has 0 bridgehead atoms. The van der Waals surface area contributed by atoms with Gasteiger partial charge >= 0.3 is 0 Å². The average molecular weight is 202 g/mol. The fourth-order valence-electron chi connectivity index (χ4n) is 1.03. The highest BCUT2D eigenvalue weighted by molar-refractivity contribution is 5.94. The van der Waals surface area contributed by atoms with Gasteiger partial charge in [0.05, 0.1) is 5.56 Å². The summed E-state index contributed by atoms with van der Waals surface area (Å²) in [7, 11) is 1.35. The molecule has 1 rings (SSSR count). The van der Waals surface area contributed by atoms with Crippen LogP contribution in [0.2, 0.25) is 0 Å². The van der Waals surface area contributed by atoms with E-state index in [4.69, 9.17) is 5.73 Å². The summed E-state index contributed by atoms with van der Waals surface area (Å²) in [5.74, 6) is -0.976. The number of aryl methyl sites for hydroxylation is 1. The van der Waals surface area contributed by atoms with E-state index in [2.05, 4.69) is 0 Å². The van der Waals surface area contributed by atoms with Gasteiger partial charge in [0.25, 0.3) is 17.9 Å². The maximum Gasteiger partial charge on any atom is 0.264 e. The number of hydrogen-bond acceptors (Lipinski definition) is 2. The van der Waals surface area contributed by atoms with Gasteiger partial charge in [0.2, 0.25) is 0 Å². The number of amides is 1. The molecule has 0 aliphatic heterocycles. The summed E-state index contributed by atoms with van der Waals surface area (Å²) in [6.45, 7) is 0. The second kappa shape index (κ2) is 3.57. The number of nitrogens with zero attached hydrogens (tertiary/aromatic N) is 1. The Kier molecular flexibility index (Phi) is 2.64. The molecule has 76 valence electrons. The number of carbonyl (C=O) groups is 1. The van der Waals surface area contributed by atoms with Crippen LogP contribution in [0.3, 0.4) is 0 Å². The van der Waals surface area contributed by atoms with Crippen molar-refractivity contribution in [3.8, 4) is 0 Å². The van der Waals surface area contributed by atoms with Crippen molar-refractivity contribution in [3.05, 3.63) is 33.7 Å². The Balaban J connectivity index is 3.47. The number of hydrogen-bond donors (Lipinski definition) is 1. The zero-order chi connectivity index (χ0) is 10.9. The first-order valence-electron chi connectivity index (χ1n) is 3.72. The quantitative estimate of drug-likeness (QED) is 0.755. The average Bonchev–Trinajstić information content (AvgIpc) is 2.08. The first-order valence-corrected chi connectivity index (χ1v) is 3.72. The second-order valence-corrected chi connectivity index (χ2v) is 2.76. The van der Waals surface area contributed by atoms with Crippen LogP contribution in [-0.4, -0.2) is 10.5 Å². The number of rotatable bonds is 2. The lowest BCUT2D eigenvalue weighted by Crippen LogP contribution is -2.22. The molecule has 14 heavy (non-hydrogen) atoms. The molecule has 0 atom stereocenters. The first-order chi connectivity index (χ1) is 6.43. The monoisotopic (exact) mass is 202 g/mol. The third-order valence-electron chi connectivity index (χ3n) is 1.76. The van der Waals surface area contributed by atoms with Gasteiger partial charge < -0.3 is 10.3 Å². The summed E-state index contributed by atoms with van der Waals surface area (Å²) in [5.41, 5.74) is 3.32. The van der Waals surface area contributed by atoms with Crippen LogP contribution in [0.5, 0.6) is 0 Å². The molecule has 1 heterocycles. The van der Waals surface area contributed by atoms with Gasteiger partial charge in [-0.25, -0.2) is 8.78 Å². The Hall–Kier alpha value is -1.72. The van der Waals surface area contributed by atoms with Crippen LogP contribution < -0.4 is 11.3 Å². The van der Waals surface area contributed by atoms with Gasteiger partial charge in [0.15, 0.2) is 0 Å². The van der Waals surface area contributed by atoms with Gasteiger partial charge in [-0.1, -0.05) is 0 Å². The van der Waals surface area contributed by atoms with E-state index < -0.39 is 23.5 Å². The van der Waals surface area contributed by atoms with Gasteiger partial charge in [-0.2, -0.15) is 0 Å². The number of halogens is 2. The maximum atomic E-state index is 12.3. The first kappa shape index (κ1) is 10.4. The van der Waals surface area contributed by atoms with E-state index in [1.807, 2.05) is 0 Å². The molecule has 0 spiro atoms. The summed E-state index contributed by atoms with van der Waals surface area (Å²) in [5, 5.41) is 0. The topological polar surface area (TPSA) is 65.1 Å². The van der Waals surface area contributed by atoms with Crippen molar-refractivity contribution in [3.63, 3.8) is 0 Å². The van der Waals surface area contributed by atoms with E-state index in [1.165, 1.54) is 7.05 Å². The fourth-order valence-corrected chi connectivity index (χ4v) is 1.03. The molecule has 1 aromatic rings. The van der Waals surface area contributed by atoms with E-state index >= 15 is 0 Å². The van der Waals surface area contributed by atoms with Crippen molar-refractivity contribution in [1.29, 1.82) is 0 Å². The molecule has 0 aliphatic rings. The van der Waals surface area contributed by atoms with Gasteiger partial charge in [0.1, 0.15) is 0 Å². The van der Waals surface area contributed by atoms with Gasteiger partial charge in [-0.05, 0) is 0 Å². The second-order valence-electron chi connectivity index (χ2n) is 2.76. The minimum atomic E-state index is -2.88.